The number of hydrogen-bond donors (Lipinski definition) is 0. The summed E-state index contributed by atoms with van der Waals surface area (Å²) in [6.07, 6.45) is 2.91. The van der Waals surface area contributed by atoms with Crippen LogP contribution in [0, 0.1) is 0 Å². The summed E-state index contributed by atoms with van der Waals surface area (Å²) in [5.41, 5.74) is 2.33. The molecule has 2 heterocycles. The second kappa shape index (κ2) is 5.75. The Morgan fingerprint density at radius 1 is 1.40 bits per heavy atom. The van der Waals surface area contributed by atoms with Gasteiger partial charge in [-0.1, -0.05) is 48.6 Å². The zero-order chi connectivity index (χ0) is 13.9. The van der Waals surface area contributed by atoms with Crippen molar-refractivity contribution in [1.82, 2.24) is 4.98 Å². The monoisotopic (exact) mass is 286 g/mol. The van der Waals surface area contributed by atoms with Crippen LogP contribution >= 0.6 is 11.3 Å². The van der Waals surface area contributed by atoms with Crippen LogP contribution in [0.3, 0.4) is 0 Å². The van der Waals surface area contributed by atoms with Gasteiger partial charge in [0.15, 0.2) is 11.4 Å². The Morgan fingerprint density at radius 2 is 2.20 bits per heavy atom. The predicted molar refractivity (Wildman–Crippen MR) is 82.9 cm³/mol. The highest BCUT2D eigenvalue weighted by atomic mass is 32.1. The maximum absolute atomic E-state index is 11.1. The third kappa shape index (κ3) is 2.48. The summed E-state index contributed by atoms with van der Waals surface area (Å²) in [6.45, 7) is 4.07. The van der Waals surface area contributed by atoms with Crippen molar-refractivity contribution in [1.29, 1.82) is 0 Å². The Balaban J connectivity index is 1.77. The topological polar surface area (TPSA) is 33.2 Å². The average Bonchev–Trinajstić information content (AvgIpc) is 3.14. The molecule has 0 spiro atoms. The molecule has 1 aliphatic rings. The van der Waals surface area contributed by atoms with Crippen LogP contribution in [-0.2, 0) is 6.42 Å². The second-order valence-corrected chi connectivity index (χ2v) is 6.13. The number of aldehydes is 1. The molecule has 1 aliphatic heterocycles. The summed E-state index contributed by atoms with van der Waals surface area (Å²) in [4.78, 5) is 18.8. The van der Waals surface area contributed by atoms with Crippen LogP contribution in [0.5, 0.6) is 0 Å². The summed E-state index contributed by atoms with van der Waals surface area (Å²) < 4.78 is 0. The normalized spacial score (nSPS) is 18.4. The molecule has 1 fully saturated rings. The molecule has 1 atom stereocenters. The van der Waals surface area contributed by atoms with Gasteiger partial charge in [0.2, 0.25) is 0 Å². The first kappa shape index (κ1) is 13.3. The van der Waals surface area contributed by atoms with Crippen molar-refractivity contribution >= 4 is 22.8 Å². The van der Waals surface area contributed by atoms with Gasteiger partial charge in [0, 0.05) is 19.0 Å². The molecule has 0 amide bonds. The Bertz CT molecular complexity index is 594. The van der Waals surface area contributed by atoms with E-state index >= 15 is 0 Å². The number of carbonyl (C=O) groups is 1. The number of anilines is 1. The van der Waals surface area contributed by atoms with Crippen LogP contribution in [0.2, 0.25) is 0 Å². The fourth-order valence-electron chi connectivity index (χ4n) is 2.76. The minimum absolute atomic E-state index is 0.574. The highest BCUT2D eigenvalue weighted by Gasteiger charge is 2.26. The van der Waals surface area contributed by atoms with Crippen molar-refractivity contribution in [2.75, 3.05) is 18.0 Å². The standard InChI is InChI=1S/C16H18N2OS/c1-2-14-15(11-19)20-16(17-14)18-9-8-13(10-18)12-6-4-3-5-7-12/h3-7,11,13H,2,8-10H2,1H3. The summed E-state index contributed by atoms with van der Waals surface area (Å²) in [5, 5.41) is 1.00. The highest BCUT2D eigenvalue weighted by Crippen LogP contribution is 2.33. The van der Waals surface area contributed by atoms with Crippen molar-refractivity contribution < 1.29 is 4.79 Å². The summed E-state index contributed by atoms with van der Waals surface area (Å²) >= 11 is 1.53. The third-order valence-electron chi connectivity index (χ3n) is 3.89. The van der Waals surface area contributed by atoms with E-state index < -0.39 is 0 Å². The number of rotatable bonds is 4. The first-order valence-corrected chi connectivity index (χ1v) is 7.88. The first-order chi connectivity index (χ1) is 9.81. The molecule has 1 aromatic heterocycles. The molecule has 4 heteroatoms. The fraction of sp³-hybridized carbons (Fsp3) is 0.375. The van der Waals surface area contributed by atoms with Gasteiger partial charge in [0.25, 0.3) is 0 Å². The molecule has 0 bridgehead atoms. The smallest absolute Gasteiger partial charge is 0.186 e. The highest BCUT2D eigenvalue weighted by molar-refractivity contribution is 7.17. The zero-order valence-electron chi connectivity index (χ0n) is 11.6. The van der Waals surface area contributed by atoms with Crippen LogP contribution < -0.4 is 4.90 Å². The molecule has 1 aromatic carbocycles. The van der Waals surface area contributed by atoms with Crippen LogP contribution in [-0.4, -0.2) is 24.4 Å². The van der Waals surface area contributed by atoms with Gasteiger partial charge in [-0.05, 0) is 18.4 Å². The maximum atomic E-state index is 11.1. The number of benzene rings is 1. The lowest BCUT2D eigenvalue weighted by molar-refractivity contribution is 0.112. The molecule has 104 valence electrons. The maximum Gasteiger partial charge on any atom is 0.186 e. The van der Waals surface area contributed by atoms with Crippen molar-refractivity contribution in [3.05, 3.63) is 46.5 Å². The van der Waals surface area contributed by atoms with Gasteiger partial charge < -0.3 is 4.90 Å². The first-order valence-electron chi connectivity index (χ1n) is 7.06. The number of hydrogen-bond acceptors (Lipinski definition) is 4. The summed E-state index contributed by atoms with van der Waals surface area (Å²) in [5.74, 6) is 0.574. The fourth-order valence-corrected chi connectivity index (χ4v) is 3.77. The Labute approximate surface area is 123 Å². The van der Waals surface area contributed by atoms with Gasteiger partial charge in [-0.25, -0.2) is 4.98 Å². The van der Waals surface area contributed by atoms with Crippen molar-refractivity contribution in [3.8, 4) is 0 Å². The molecule has 1 unspecified atom stereocenters. The van der Waals surface area contributed by atoms with E-state index in [4.69, 9.17) is 0 Å². The Morgan fingerprint density at radius 3 is 2.85 bits per heavy atom. The minimum atomic E-state index is 0.574. The lowest BCUT2D eigenvalue weighted by atomic mass is 9.99. The van der Waals surface area contributed by atoms with Gasteiger partial charge in [-0.2, -0.15) is 0 Å². The number of thiazole rings is 1. The molecule has 0 radical (unpaired) electrons. The van der Waals surface area contributed by atoms with Gasteiger partial charge in [0.05, 0.1) is 10.6 Å². The number of nitrogens with zero attached hydrogens (tertiary/aromatic N) is 2. The minimum Gasteiger partial charge on any atom is -0.347 e. The van der Waals surface area contributed by atoms with E-state index in [0.717, 1.165) is 47.9 Å². The predicted octanol–water partition coefficient (Wildman–Crippen LogP) is 3.51. The third-order valence-corrected chi connectivity index (χ3v) is 4.97. The van der Waals surface area contributed by atoms with E-state index in [9.17, 15) is 4.79 Å². The van der Waals surface area contributed by atoms with Crippen LogP contribution in [0.1, 0.15) is 40.2 Å². The zero-order valence-corrected chi connectivity index (χ0v) is 12.4. The van der Waals surface area contributed by atoms with E-state index in [0.29, 0.717) is 5.92 Å². The van der Waals surface area contributed by atoms with Crippen molar-refractivity contribution in [2.24, 2.45) is 0 Å². The quantitative estimate of drug-likeness (QED) is 0.806. The molecule has 0 aliphatic carbocycles. The molecule has 3 rings (SSSR count). The molecule has 0 saturated carbocycles. The molecule has 20 heavy (non-hydrogen) atoms. The summed E-state index contributed by atoms with van der Waals surface area (Å²) in [7, 11) is 0. The van der Waals surface area contributed by atoms with E-state index in [1.807, 2.05) is 6.92 Å². The van der Waals surface area contributed by atoms with Crippen LogP contribution in [0.15, 0.2) is 30.3 Å². The molecule has 3 nitrogen and oxygen atoms in total. The molecular formula is C16H18N2OS. The van der Waals surface area contributed by atoms with Gasteiger partial charge >= 0.3 is 0 Å². The van der Waals surface area contributed by atoms with Crippen LogP contribution in [0.4, 0.5) is 5.13 Å². The lowest BCUT2D eigenvalue weighted by Crippen LogP contribution is -2.18. The van der Waals surface area contributed by atoms with E-state index in [1.54, 1.807) is 0 Å². The molecule has 1 saturated heterocycles. The number of carbonyl (C=O) groups excluding carboxylic acids is 1. The molecule has 2 aromatic rings. The van der Waals surface area contributed by atoms with E-state index in [1.165, 1.54) is 16.9 Å². The number of aromatic nitrogens is 1. The van der Waals surface area contributed by atoms with Crippen LogP contribution in [0.25, 0.3) is 0 Å². The van der Waals surface area contributed by atoms with E-state index in [2.05, 4.69) is 40.2 Å². The summed E-state index contributed by atoms with van der Waals surface area (Å²) in [6, 6.07) is 10.7. The van der Waals surface area contributed by atoms with Gasteiger partial charge in [-0.3, -0.25) is 4.79 Å². The van der Waals surface area contributed by atoms with Gasteiger partial charge in [-0.15, -0.1) is 0 Å². The Kier molecular flexibility index (Phi) is 3.83. The lowest BCUT2D eigenvalue weighted by Gasteiger charge is -2.15. The second-order valence-electron chi connectivity index (χ2n) is 5.12. The largest absolute Gasteiger partial charge is 0.347 e. The SMILES string of the molecule is CCc1nc(N2CCC(c3ccccc3)C2)sc1C=O. The molecule has 0 N–H and O–H groups in total. The van der Waals surface area contributed by atoms with E-state index in [-0.39, 0.29) is 0 Å². The molecular weight excluding hydrogens is 268 g/mol. The number of aryl methyl sites for hydroxylation is 1. The van der Waals surface area contributed by atoms with Crippen molar-refractivity contribution in [2.45, 2.75) is 25.7 Å². The van der Waals surface area contributed by atoms with Crippen molar-refractivity contribution in [3.63, 3.8) is 0 Å². The average molecular weight is 286 g/mol. The van der Waals surface area contributed by atoms with Gasteiger partial charge in [0.1, 0.15) is 0 Å². The Hall–Kier alpha value is -1.68.